The number of amides is 1. The largest absolute Gasteiger partial charge is 0.471 e. The second-order valence-electron chi connectivity index (χ2n) is 6.42. The summed E-state index contributed by atoms with van der Waals surface area (Å²) in [6.45, 7) is 0.527. The van der Waals surface area contributed by atoms with Crippen molar-refractivity contribution in [3.05, 3.63) is 87.4 Å². The van der Waals surface area contributed by atoms with Gasteiger partial charge in [0.2, 0.25) is 5.95 Å². The van der Waals surface area contributed by atoms with Gasteiger partial charge < -0.3 is 4.74 Å². The molecule has 0 radical (unpaired) electrons. The summed E-state index contributed by atoms with van der Waals surface area (Å²) in [4.78, 5) is 16.5. The van der Waals surface area contributed by atoms with Crippen molar-refractivity contribution in [2.24, 2.45) is 0 Å². The van der Waals surface area contributed by atoms with E-state index in [4.69, 9.17) is 39.5 Å². The van der Waals surface area contributed by atoms with Crippen LogP contribution in [0.5, 0.6) is 5.75 Å². The van der Waals surface area contributed by atoms with Gasteiger partial charge >= 0.3 is 0 Å². The van der Waals surface area contributed by atoms with Gasteiger partial charge in [0, 0.05) is 21.3 Å². The van der Waals surface area contributed by atoms with Crippen molar-refractivity contribution >= 4 is 46.7 Å². The first-order chi connectivity index (χ1) is 15.0. The summed E-state index contributed by atoms with van der Waals surface area (Å²) < 4.78 is 8.66. The van der Waals surface area contributed by atoms with Gasteiger partial charge in [-0.2, -0.15) is 5.10 Å². The molecule has 8 nitrogen and oxygen atoms in total. The number of benzene rings is 2. The SMILES string of the molecule is O=C(Nc1ncn(Cc2ccc(Cl)cc2Cl)n1)c1ccn(COc2ccc(Cl)cc2)n1. The third-order valence-electron chi connectivity index (χ3n) is 4.16. The number of nitrogens with one attached hydrogen (secondary N) is 1. The Morgan fingerprint density at radius 1 is 0.968 bits per heavy atom. The number of nitrogens with zero attached hydrogens (tertiary/aromatic N) is 5. The summed E-state index contributed by atoms with van der Waals surface area (Å²) in [6, 6.07) is 13.7. The zero-order chi connectivity index (χ0) is 21.8. The van der Waals surface area contributed by atoms with Crippen LogP contribution < -0.4 is 10.1 Å². The Labute approximate surface area is 192 Å². The van der Waals surface area contributed by atoms with Gasteiger partial charge in [-0.15, -0.1) is 5.10 Å². The van der Waals surface area contributed by atoms with Gasteiger partial charge in [0.1, 0.15) is 12.1 Å². The summed E-state index contributed by atoms with van der Waals surface area (Å²) >= 11 is 17.9. The van der Waals surface area contributed by atoms with Crippen LogP contribution in [0.15, 0.2) is 61.1 Å². The van der Waals surface area contributed by atoms with Gasteiger partial charge in [-0.05, 0) is 48.0 Å². The lowest BCUT2D eigenvalue weighted by Crippen LogP contribution is -2.15. The van der Waals surface area contributed by atoms with Gasteiger partial charge in [-0.25, -0.2) is 14.3 Å². The minimum atomic E-state index is -0.437. The van der Waals surface area contributed by atoms with Crippen LogP contribution in [0.2, 0.25) is 15.1 Å². The van der Waals surface area contributed by atoms with Gasteiger partial charge in [0.15, 0.2) is 12.4 Å². The Bertz CT molecular complexity index is 1210. The van der Waals surface area contributed by atoms with Crippen molar-refractivity contribution in [1.29, 1.82) is 0 Å². The monoisotopic (exact) mass is 476 g/mol. The number of carbonyl (C=O) groups excluding carboxylic acids is 1. The minimum absolute atomic E-state index is 0.143. The average molecular weight is 478 g/mol. The smallest absolute Gasteiger partial charge is 0.278 e. The number of carbonyl (C=O) groups is 1. The summed E-state index contributed by atoms with van der Waals surface area (Å²) in [7, 11) is 0. The molecule has 1 N–H and O–H groups in total. The topological polar surface area (TPSA) is 86.9 Å². The van der Waals surface area contributed by atoms with E-state index in [0.717, 1.165) is 5.56 Å². The Morgan fingerprint density at radius 3 is 2.52 bits per heavy atom. The first-order valence-corrected chi connectivity index (χ1v) is 10.2. The third-order valence-corrected chi connectivity index (χ3v) is 5.00. The summed E-state index contributed by atoms with van der Waals surface area (Å²) in [5.74, 6) is 0.357. The molecule has 2 aromatic carbocycles. The molecule has 0 spiro atoms. The first-order valence-electron chi connectivity index (χ1n) is 9.03. The van der Waals surface area contributed by atoms with Crippen molar-refractivity contribution < 1.29 is 9.53 Å². The summed E-state index contributed by atoms with van der Waals surface area (Å²) in [6.07, 6.45) is 3.14. The van der Waals surface area contributed by atoms with Crippen LogP contribution in [-0.4, -0.2) is 30.5 Å². The van der Waals surface area contributed by atoms with Crippen molar-refractivity contribution in [2.75, 3.05) is 5.32 Å². The first kappa shape index (κ1) is 21.2. The molecule has 158 valence electrons. The molecule has 11 heteroatoms. The molecular weight excluding hydrogens is 463 g/mol. The van der Waals surface area contributed by atoms with Crippen LogP contribution in [0.25, 0.3) is 0 Å². The molecule has 2 aromatic heterocycles. The number of hydrogen-bond donors (Lipinski definition) is 1. The van der Waals surface area contributed by atoms with Crippen molar-refractivity contribution in [1.82, 2.24) is 24.5 Å². The van der Waals surface area contributed by atoms with E-state index in [1.54, 1.807) is 53.3 Å². The van der Waals surface area contributed by atoms with Crippen LogP contribution >= 0.6 is 34.8 Å². The normalized spacial score (nSPS) is 10.8. The second-order valence-corrected chi connectivity index (χ2v) is 7.70. The zero-order valence-corrected chi connectivity index (χ0v) is 18.1. The molecule has 0 aliphatic carbocycles. The van der Waals surface area contributed by atoms with E-state index in [0.29, 0.717) is 27.4 Å². The molecule has 0 aliphatic rings. The van der Waals surface area contributed by atoms with Crippen LogP contribution in [0.4, 0.5) is 5.95 Å². The van der Waals surface area contributed by atoms with Crippen LogP contribution in [0, 0.1) is 0 Å². The van der Waals surface area contributed by atoms with Crippen molar-refractivity contribution in [3.8, 4) is 5.75 Å². The molecule has 31 heavy (non-hydrogen) atoms. The van der Waals surface area contributed by atoms with E-state index in [9.17, 15) is 4.79 Å². The van der Waals surface area contributed by atoms with E-state index >= 15 is 0 Å². The summed E-state index contributed by atoms with van der Waals surface area (Å²) in [5, 5.41) is 12.7. The van der Waals surface area contributed by atoms with Gasteiger partial charge in [0.25, 0.3) is 5.91 Å². The highest BCUT2D eigenvalue weighted by atomic mass is 35.5. The van der Waals surface area contributed by atoms with Crippen molar-refractivity contribution in [3.63, 3.8) is 0 Å². The molecule has 0 saturated heterocycles. The predicted molar refractivity (Wildman–Crippen MR) is 118 cm³/mol. The Balaban J connectivity index is 1.34. The van der Waals surface area contributed by atoms with Gasteiger partial charge in [-0.1, -0.05) is 40.9 Å². The fourth-order valence-corrected chi connectivity index (χ4v) is 3.24. The minimum Gasteiger partial charge on any atom is -0.471 e. The highest BCUT2D eigenvalue weighted by Crippen LogP contribution is 2.21. The average Bonchev–Trinajstić information content (AvgIpc) is 3.39. The molecule has 0 atom stereocenters. The van der Waals surface area contributed by atoms with Crippen LogP contribution in [-0.2, 0) is 13.3 Å². The molecule has 0 fully saturated rings. The molecule has 4 aromatic rings. The highest BCUT2D eigenvalue weighted by molar-refractivity contribution is 6.35. The number of halogens is 3. The summed E-state index contributed by atoms with van der Waals surface area (Å²) in [5.41, 5.74) is 1.03. The Kier molecular flexibility index (Phi) is 6.41. The fourth-order valence-electron chi connectivity index (χ4n) is 2.64. The molecule has 0 unspecified atom stereocenters. The molecule has 0 aliphatic heterocycles. The maximum Gasteiger partial charge on any atom is 0.278 e. The molecular formula is C20H15Cl3N6O2. The number of anilines is 1. The standard InChI is InChI=1S/C20H15Cl3N6O2/c21-14-3-5-16(6-4-14)31-12-28-8-7-18(26-28)19(30)25-20-24-11-29(27-20)10-13-1-2-15(22)9-17(13)23/h1-9,11H,10,12H2,(H,25,27,30). The van der Waals surface area contributed by atoms with E-state index < -0.39 is 5.91 Å². The number of hydrogen-bond acceptors (Lipinski definition) is 5. The second kappa shape index (κ2) is 9.38. The van der Waals surface area contributed by atoms with Gasteiger partial charge in [-0.3, -0.25) is 10.1 Å². The molecule has 0 bridgehead atoms. The Hall–Kier alpha value is -3.07. The highest BCUT2D eigenvalue weighted by Gasteiger charge is 2.13. The van der Waals surface area contributed by atoms with E-state index in [1.165, 1.54) is 11.0 Å². The van der Waals surface area contributed by atoms with E-state index in [2.05, 4.69) is 20.5 Å². The Morgan fingerprint density at radius 2 is 1.74 bits per heavy atom. The molecule has 0 saturated carbocycles. The number of ether oxygens (including phenoxy) is 1. The lowest BCUT2D eigenvalue weighted by molar-refractivity contribution is 0.101. The van der Waals surface area contributed by atoms with Crippen LogP contribution in [0.3, 0.4) is 0 Å². The lowest BCUT2D eigenvalue weighted by atomic mass is 10.2. The lowest BCUT2D eigenvalue weighted by Gasteiger charge is -2.06. The van der Waals surface area contributed by atoms with E-state index in [-0.39, 0.29) is 18.4 Å². The van der Waals surface area contributed by atoms with Gasteiger partial charge in [0.05, 0.1) is 6.54 Å². The maximum atomic E-state index is 12.4. The van der Waals surface area contributed by atoms with E-state index in [1.807, 2.05) is 6.07 Å². The number of rotatable bonds is 7. The zero-order valence-electron chi connectivity index (χ0n) is 15.9. The third kappa shape index (κ3) is 5.55. The van der Waals surface area contributed by atoms with Crippen LogP contribution in [0.1, 0.15) is 16.1 Å². The maximum absolute atomic E-state index is 12.4. The molecule has 4 rings (SSSR count). The predicted octanol–water partition coefficient (Wildman–Crippen LogP) is 4.77. The quantitative estimate of drug-likeness (QED) is 0.414. The molecule has 1 amide bonds. The molecule has 2 heterocycles. The van der Waals surface area contributed by atoms with Crippen molar-refractivity contribution in [2.45, 2.75) is 13.3 Å². The fraction of sp³-hybridized carbons (Fsp3) is 0.100. The number of aromatic nitrogens is 5.